The summed E-state index contributed by atoms with van der Waals surface area (Å²) in [7, 11) is 1.90. The van der Waals surface area contributed by atoms with Gasteiger partial charge in [-0.15, -0.1) is 23.5 Å². The molecule has 2 saturated heterocycles. The molecule has 5 aromatic heterocycles. The van der Waals surface area contributed by atoms with Crippen LogP contribution in [0, 0.1) is 0 Å². The summed E-state index contributed by atoms with van der Waals surface area (Å²) in [5.41, 5.74) is 4.67. The number of aromatic nitrogens is 8. The van der Waals surface area contributed by atoms with Gasteiger partial charge in [0.15, 0.2) is 11.3 Å². The Bertz CT molecular complexity index is 2150. The van der Waals surface area contributed by atoms with E-state index in [1.165, 1.54) is 0 Å². The zero-order valence-corrected chi connectivity index (χ0v) is 36.3. The minimum Gasteiger partial charge on any atom is -0.444 e. The van der Waals surface area contributed by atoms with E-state index >= 15 is 0 Å². The van der Waals surface area contributed by atoms with Crippen molar-refractivity contribution in [1.29, 1.82) is 0 Å². The number of rotatable bonds is 5. The van der Waals surface area contributed by atoms with Gasteiger partial charge in [-0.25, -0.2) is 29.5 Å². The van der Waals surface area contributed by atoms with Gasteiger partial charge in [-0.1, -0.05) is 0 Å². The molecule has 2 amide bonds. The summed E-state index contributed by atoms with van der Waals surface area (Å²) >= 11 is 6.70. The zero-order valence-electron chi connectivity index (χ0n) is 33.1. The second kappa shape index (κ2) is 16.7. The van der Waals surface area contributed by atoms with Crippen molar-refractivity contribution < 1.29 is 19.1 Å². The number of nitrogens with zero attached hydrogens (tertiary/aromatic N) is 10. The SMILES string of the molecule is CSc1nc(C2CCCN(C(=O)OC(C)(C)C)C2)cn2c(-c3cnn(C)c3)cnc12.CSc1nc(C2CCCN(C(=O)OC(C)(C)C)C2)cn2c(Br)cnc12. The number of carbonyl (C=O) groups excluding carboxylic acids is 2. The van der Waals surface area contributed by atoms with Crippen LogP contribution in [-0.4, -0.2) is 110 Å². The van der Waals surface area contributed by atoms with Crippen molar-refractivity contribution in [3.63, 3.8) is 0 Å². The van der Waals surface area contributed by atoms with Crippen molar-refractivity contribution in [2.45, 2.75) is 100 Å². The van der Waals surface area contributed by atoms with Gasteiger partial charge in [0.1, 0.15) is 25.9 Å². The number of imidazole rings is 2. The molecule has 7 heterocycles. The van der Waals surface area contributed by atoms with Crippen molar-refractivity contribution in [2.24, 2.45) is 7.05 Å². The minimum absolute atomic E-state index is 0.158. The molecule has 0 aromatic carbocycles. The van der Waals surface area contributed by atoms with Crippen LogP contribution in [0.2, 0.25) is 0 Å². The molecule has 0 aliphatic carbocycles. The summed E-state index contributed by atoms with van der Waals surface area (Å²) in [6.45, 7) is 14.1. The van der Waals surface area contributed by atoms with Gasteiger partial charge in [0.25, 0.3) is 0 Å². The highest BCUT2D eigenvalue weighted by Gasteiger charge is 2.31. The van der Waals surface area contributed by atoms with E-state index in [2.05, 4.69) is 41.6 Å². The molecule has 55 heavy (non-hydrogen) atoms. The van der Waals surface area contributed by atoms with E-state index in [-0.39, 0.29) is 24.0 Å². The maximum atomic E-state index is 12.6. The first-order chi connectivity index (χ1) is 26.0. The van der Waals surface area contributed by atoms with E-state index < -0.39 is 11.2 Å². The van der Waals surface area contributed by atoms with Gasteiger partial charge in [-0.2, -0.15) is 5.10 Å². The number of carbonyl (C=O) groups is 2. The highest BCUT2D eigenvalue weighted by atomic mass is 79.9. The molecule has 296 valence electrons. The predicted molar refractivity (Wildman–Crippen MR) is 219 cm³/mol. The summed E-state index contributed by atoms with van der Waals surface area (Å²) < 4.78 is 17.9. The maximum absolute atomic E-state index is 12.6. The van der Waals surface area contributed by atoms with Crippen molar-refractivity contribution in [2.75, 3.05) is 38.7 Å². The van der Waals surface area contributed by atoms with Crippen LogP contribution in [0.1, 0.15) is 90.4 Å². The fraction of sp³-hybridized carbons (Fsp3) is 0.553. The lowest BCUT2D eigenvalue weighted by Crippen LogP contribution is -2.42. The molecule has 7 rings (SSSR count). The second-order valence-electron chi connectivity index (χ2n) is 15.9. The summed E-state index contributed by atoms with van der Waals surface area (Å²) in [4.78, 5) is 47.3. The number of aryl methyl sites for hydroxylation is 1. The molecule has 0 N–H and O–H groups in total. The van der Waals surface area contributed by atoms with Crippen LogP contribution in [0.4, 0.5) is 9.59 Å². The van der Waals surface area contributed by atoms with Gasteiger partial charge in [-0.3, -0.25) is 13.5 Å². The smallest absolute Gasteiger partial charge is 0.410 e. The van der Waals surface area contributed by atoms with Crippen LogP contribution in [0.15, 0.2) is 51.8 Å². The van der Waals surface area contributed by atoms with E-state index in [4.69, 9.17) is 19.4 Å². The van der Waals surface area contributed by atoms with E-state index in [1.807, 2.05) is 90.3 Å². The lowest BCUT2D eigenvalue weighted by molar-refractivity contribution is 0.0187. The molecule has 17 heteroatoms. The van der Waals surface area contributed by atoms with Gasteiger partial charge in [0, 0.05) is 69.2 Å². The number of piperidine rings is 2. The van der Waals surface area contributed by atoms with E-state index in [0.717, 1.165) is 87.4 Å². The van der Waals surface area contributed by atoms with Crippen LogP contribution >= 0.6 is 39.5 Å². The number of likely N-dealkylation sites (tertiary alicyclic amines) is 2. The third kappa shape index (κ3) is 9.77. The first kappa shape index (κ1) is 40.8. The molecule has 5 aromatic rings. The van der Waals surface area contributed by atoms with Crippen LogP contribution in [0.3, 0.4) is 0 Å². The predicted octanol–water partition coefficient (Wildman–Crippen LogP) is 8.29. The van der Waals surface area contributed by atoms with Gasteiger partial charge < -0.3 is 19.3 Å². The molecule has 0 spiro atoms. The molecule has 2 unspecified atom stereocenters. The average molecular weight is 856 g/mol. The third-order valence-corrected chi connectivity index (χ3v) is 11.2. The summed E-state index contributed by atoms with van der Waals surface area (Å²) in [5, 5.41) is 6.08. The van der Waals surface area contributed by atoms with Crippen LogP contribution in [0.5, 0.6) is 0 Å². The van der Waals surface area contributed by atoms with E-state index in [1.54, 1.807) is 44.2 Å². The quantitative estimate of drug-likeness (QED) is 0.158. The number of halogens is 1. The molecule has 0 bridgehead atoms. The first-order valence-corrected chi connectivity index (χ1v) is 21.7. The standard InChI is InChI=1S/C21H28N6O2S.C17H23BrN4O2S/c1-21(2,3)29-20(28)26-8-6-7-14(12-26)16-13-27-17(15-9-23-25(4)11-15)10-22-18(27)19(24-16)30-5;1-17(2,3)24-16(23)21-7-5-6-11(9-21)12-10-22-13(18)8-19-14(22)15(20-12)25-4/h9-11,13-14H,6-8,12H2,1-5H3;8,10-11H,5-7,9H2,1-4H3. The topological polar surface area (TPSA) is 137 Å². The number of hydrogen-bond donors (Lipinski definition) is 0. The van der Waals surface area contributed by atoms with E-state index in [0.29, 0.717) is 13.1 Å². The van der Waals surface area contributed by atoms with Gasteiger partial charge >= 0.3 is 12.2 Å². The fourth-order valence-electron chi connectivity index (χ4n) is 6.78. The Kier molecular flexibility index (Phi) is 12.4. The van der Waals surface area contributed by atoms with Gasteiger partial charge in [0.05, 0.1) is 35.7 Å². The molecule has 2 aliphatic rings. The van der Waals surface area contributed by atoms with Crippen LogP contribution in [0.25, 0.3) is 22.6 Å². The highest BCUT2D eigenvalue weighted by Crippen LogP contribution is 2.33. The first-order valence-electron chi connectivity index (χ1n) is 18.5. The number of amides is 2. The lowest BCUT2D eigenvalue weighted by Gasteiger charge is -2.34. The molecular formula is C38H51BrN10O4S2. The van der Waals surface area contributed by atoms with Crippen molar-refractivity contribution in [3.8, 4) is 11.3 Å². The summed E-state index contributed by atoms with van der Waals surface area (Å²) in [5.74, 6) is 0.358. The fourth-order valence-corrected chi connectivity index (χ4v) is 8.22. The van der Waals surface area contributed by atoms with Gasteiger partial charge in [0.2, 0.25) is 0 Å². The zero-order chi connectivity index (χ0) is 39.7. The maximum Gasteiger partial charge on any atom is 0.410 e. The normalized spacial score (nSPS) is 18.0. The second-order valence-corrected chi connectivity index (χ2v) is 18.3. The Morgan fingerprint density at radius 2 is 1.24 bits per heavy atom. The Balaban J connectivity index is 0.000000190. The molecular weight excluding hydrogens is 805 g/mol. The monoisotopic (exact) mass is 854 g/mol. The average Bonchev–Trinajstić information content (AvgIpc) is 3.88. The third-order valence-electron chi connectivity index (χ3n) is 9.29. The Labute approximate surface area is 339 Å². The Morgan fingerprint density at radius 1 is 0.745 bits per heavy atom. The van der Waals surface area contributed by atoms with Crippen molar-refractivity contribution >= 4 is 62.9 Å². The largest absolute Gasteiger partial charge is 0.444 e. The number of thioether (sulfide) groups is 2. The number of hydrogen-bond acceptors (Lipinski definition) is 11. The molecule has 0 radical (unpaired) electrons. The molecule has 2 atom stereocenters. The summed E-state index contributed by atoms with van der Waals surface area (Å²) in [6.07, 6.45) is 19.0. The number of ether oxygens (including phenoxy) is 2. The number of fused-ring (bicyclic) bond motifs is 2. The Morgan fingerprint density at radius 3 is 1.71 bits per heavy atom. The van der Waals surface area contributed by atoms with Crippen molar-refractivity contribution in [1.82, 2.24) is 48.3 Å². The van der Waals surface area contributed by atoms with E-state index in [9.17, 15) is 9.59 Å². The van der Waals surface area contributed by atoms with Crippen molar-refractivity contribution in [3.05, 3.63) is 53.2 Å². The minimum atomic E-state index is -0.497. The summed E-state index contributed by atoms with van der Waals surface area (Å²) in [6, 6.07) is 0. The lowest BCUT2D eigenvalue weighted by atomic mass is 9.95. The van der Waals surface area contributed by atoms with Crippen LogP contribution < -0.4 is 0 Å². The molecule has 0 saturated carbocycles. The highest BCUT2D eigenvalue weighted by molar-refractivity contribution is 9.10. The van der Waals surface area contributed by atoms with Gasteiger partial charge in [-0.05, 0) is 95.7 Å². The van der Waals surface area contributed by atoms with Crippen LogP contribution in [-0.2, 0) is 16.5 Å². The molecule has 14 nitrogen and oxygen atoms in total. The Hall–Kier alpha value is -3.83. The molecule has 2 aliphatic heterocycles. The molecule has 2 fully saturated rings.